The van der Waals surface area contributed by atoms with Gasteiger partial charge in [-0.05, 0) is 30.4 Å². The molecule has 0 unspecified atom stereocenters. The summed E-state index contributed by atoms with van der Waals surface area (Å²) in [5.74, 6) is 0.713. The number of carbonyl (C=O) groups is 1. The molecule has 1 N–H and O–H groups in total. The number of aryl methyl sites for hydroxylation is 1. The van der Waals surface area contributed by atoms with Crippen LogP contribution in [0.5, 0.6) is 0 Å². The van der Waals surface area contributed by atoms with Crippen molar-refractivity contribution in [2.24, 2.45) is 4.99 Å². The second kappa shape index (κ2) is 10.6. The second-order valence-electron chi connectivity index (χ2n) is 5.53. The lowest BCUT2D eigenvalue weighted by Crippen LogP contribution is -2.38. The molecule has 1 aromatic carbocycles. The largest absolute Gasteiger partial charge is 0.469 e. The number of aliphatic imine (C=N–C) groups is 1. The monoisotopic (exact) mass is 319 g/mol. The molecule has 1 aromatic rings. The number of nitrogens with zero attached hydrogens (tertiary/aromatic N) is 2. The first-order valence-electron chi connectivity index (χ1n) is 8.17. The van der Waals surface area contributed by atoms with Gasteiger partial charge in [-0.1, -0.05) is 31.2 Å². The number of esters is 1. The third-order valence-corrected chi connectivity index (χ3v) is 3.74. The fraction of sp³-hybridized carbons (Fsp3) is 0.556. The summed E-state index contributed by atoms with van der Waals surface area (Å²) in [6.07, 6.45) is 3.26. The summed E-state index contributed by atoms with van der Waals surface area (Å²) < 4.78 is 4.63. The fourth-order valence-electron chi connectivity index (χ4n) is 2.31. The zero-order chi connectivity index (χ0) is 17.1. The Bertz CT molecular complexity index is 497. The van der Waals surface area contributed by atoms with Gasteiger partial charge in [0.2, 0.25) is 0 Å². The number of nitrogens with one attached hydrogen (secondary N) is 1. The SMILES string of the molecule is CCc1ccc(CN(C)C(=NC)NCCCCC(=O)OC)cc1. The van der Waals surface area contributed by atoms with Gasteiger partial charge in [0, 0.05) is 33.6 Å². The van der Waals surface area contributed by atoms with Gasteiger partial charge in [0.15, 0.2) is 5.96 Å². The summed E-state index contributed by atoms with van der Waals surface area (Å²) in [5, 5.41) is 3.33. The van der Waals surface area contributed by atoms with Crippen LogP contribution in [0.2, 0.25) is 0 Å². The van der Waals surface area contributed by atoms with Gasteiger partial charge in [-0.25, -0.2) is 0 Å². The van der Waals surface area contributed by atoms with Gasteiger partial charge in [-0.2, -0.15) is 0 Å². The summed E-state index contributed by atoms with van der Waals surface area (Å²) in [4.78, 5) is 17.5. The third-order valence-electron chi connectivity index (χ3n) is 3.74. The first-order valence-corrected chi connectivity index (χ1v) is 8.17. The Hall–Kier alpha value is -2.04. The second-order valence-corrected chi connectivity index (χ2v) is 5.53. The third kappa shape index (κ3) is 7.17. The quantitative estimate of drug-likeness (QED) is 0.346. The topological polar surface area (TPSA) is 53.9 Å². The summed E-state index contributed by atoms with van der Waals surface area (Å²) in [5.41, 5.74) is 2.61. The number of methoxy groups -OCH3 is 1. The van der Waals surface area contributed by atoms with E-state index in [1.54, 1.807) is 7.05 Å². The van der Waals surface area contributed by atoms with Crippen molar-refractivity contribution in [2.75, 3.05) is 27.7 Å². The van der Waals surface area contributed by atoms with Crippen molar-refractivity contribution in [2.45, 2.75) is 39.2 Å². The molecule has 0 radical (unpaired) electrons. The van der Waals surface area contributed by atoms with E-state index in [1.165, 1.54) is 18.2 Å². The van der Waals surface area contributed by atoms with Crippen molar-refractivity contribution >= 4 is 11.9 Å². The minimum Gasteiger partial charge on any atom is -0.469 e. The summed E-state index contributed by atoms with van der Waals surface area (Å²) in [7, 11) is 5.23. The maximum atomic E-state index is 11.0. The Kier molecular flexibility index (Phi) is 8.80. The summed E-state index contributed by atoms with van der Waals surface area (Å²) >= 11 is 0. The van der Waals surface area contributed by atoms with Gasteiger partial charge in [0.25, 0.3) is 0 Å². The molecule has 0 saturated carbocycles. The van der Waals surface area contributed by atoms with Crippen LogP contribution < -0.4 is 5.32 Å². The average Bonchev–Trinajstić information content (AvgIpc) is 2.58. The highest BCUT2D eigenvalue weighted by Gasteiger charge is 2.06. The molecule has 0 atom stereocenters. The van der Waals surface area contributed by atoms with Crippen LogP contribution in [0.3, 0.4) is 0 Å². The highest BCUT2D eigenvalue weighted by Crippen LogP contribution is 2.07. The van der Waals surface area contributed by atoms with Crippen LogP contribution in [-0.2, 0) is 22.5 Å². The first kappa shape index (κ1) is 19.0. The van der Waals surface area contributed by atoms with Gasteiger partial charge in [-0.3, -0.25) is 9.79 Å². The molecule has 0 aliphatic rings. The van der Waals surface area contributed by atoms with E-state index >= 15 is 0 Å². The Labute approximate surface area is 139 Å². The molecule has 0 bridgehead atoms. The molecular weight excluding hydrogens is 290 g/mol. The van der Waals surface area contributed by atoms with E-state index in [0.29, 0.717) is 6.42 Å². The number of hydrogen-bond acceptors (Lipinski definition) is 3. The molecule has 0 saturated heterocycles. The highest BCUT2D eigenvalue weighted by molar-refractivity contribution is 5.79. The van der Waals surface area contributed by atoms with Crippen molar-refractivity contribution in [3.8, 4) is 0 Å². The maximum absolute atomic E-state index is 11.0. The molecule has 0 heterocycles. The van der Waals surface area contributed by atoms with Crippen LogP contribution in [-0.4, -0.2) is 44.6 Å². The number of rotatable bonds is 8. The van der Waals surface area contributed by atoms with E-state index in [-0.39, 0.29) is 5.97 Å². The molecule has 0 aliphatic heterocycles. The van der Waals surface area contributed by atoms with Gasteiger partial charge in [-0.15, -0.1) is 0 Å². The zero-order valence-electron chi connectivity index (χ0n) is 14.8. The van der Waals surface area contributed by atoms with Crippen LogP contribution in [0.1, 0.15) is 37.3 Å². The minimum absolute atomic E-state index is 0.151. The molecule has 0 aliphatic carbocycles. The van der Waals surface area contributed by atoms with Crippen molar-refractivity contribution in [3.63, 3.8) is 0 Å². The standard InChI is InChI=1S/C18H29N3O2/c1-5-15-9-11-16(12-10-15)14-21(3)18(19-2)20-13-7-6-8-17(22)23-4/h9-12H,5-8,13-14H2,1-4H3,(H,19,20). The molecule has 0 aromatic heterocycles. The molecule has 128 valence electrons. The number of benzene rings is 1. The van der Waals surface area contributed by atoms with Gasteiger partial charge < -0.3 is 15.0 Å². The Balaban J connectivity index is 2.36. The van der Waals surface area contributed by atoms with Crippen LogP contribution in [0.25, 0.3) is 0 Å². The van der Waals surface area contributed by atoms with Gasteiger partial charge in [0.1, 0.15) is 0 Å². The number of guanidine groups is 1. The number of unbranched alkanes of at least 4 members (excludes halogenated alkanes) is 1. The van der Waals surface area contributed by atoms with Crippen LogP contribution >= 0.6 is 0 Å². The predicted octanol–water partition coefficient (Wildman–Crippen LogP) is 2.60. The zero-order valence-corrected chi connectivity index (χ0v) is 14.8. The molecule has 23 heavy (non-hydrogen) atoms. The first-order chi connectivity index (χ1) is 11.1. The van der Waals surface area contributed by atoms with Crippen molar-refractivity contribution in [3.05, 3.63) is 35.4 Å². The van der Waals surface area contributed by atoms with E-state index in [2.05, 4.69) is 51.1 Å². The lowest BCUT2D eigenvalue weighted by molar-refractivity contribution is -0.140. The van der Waals surface area contributed by atoms with Crippen LogP contribution in [0, 0.1) is 0 Å². The van der Waals surface area contributed by atoms with E-state index < -0.39 is 0 Å². The normalized spacial score (nSPS) is 11.2. The van der Waals surface area contributed by atoms with Gasteiger partial charge in [0.05, 0.1) is 7.11 Å². The molecular formula is C18H29N3O2. The number of ether oxygens (including phenoxy) is 1. The van der Waals surface area contributed by atoms with Crippen molar-refractivity contribution in [1.82, 2.24) is 10.2 Å². The molecule has 0 fully saturated rings. The lowest BCUT2D eigenvalue weighted by atomic mass is 10.1. The predicted molar refractivity (Wildman–Crippen MR) is 94.5 cm³/mol. The highest BCUT2D eigenvalue weighted by atomic mass is 16.5. The van der Waals surface area contributed by atoms with E-state index in [0.717, 1.165) is 38.3 Å². The Morgan fingerprint density at radius 3 is 2.43 bits per heavy atom. The van der Waals surface area contributed by atoms with Crippen LogP contribution in [0.4, 0.5) is 0 Å². The molecule has 0 amide bonds. The van der Waals surface area contributed by atoms with E-state index in [4.69, 9.17) is 0 Å². The van der Waals surface area contributed by atoms with Crippen molar-refractivity contribution < 1.29 is 9.53 Å². The Morgan fingerprint density at radius 1 is 1.22 bits per heavy atom. The van der Waals surface area contributed by atoms with Crippen molar-refractivity contribution in [1.29, 1.82) is 0 Å². The molecule has 0 spiro atoms. The number of hydrogen-bond donors (Lipinski definition) is 1. The van der Waals surface area contributed by atoms with E-state index in [1.807, 2.05) is 7.05 Å². The van der Waals surface area contributed by atoms with Gasteiger partial charge >= 0.3 is 5.97 Å². The Morgan fingerprint density at radius 2 is 1.87 bits per heavy atom. The minimum atomic E-state index is -0.151. The summed E-state index contributed by atoms with van der Waals surface area (Å²) in [6.45, 7) is 3.77. The summed E-state index contributed by atoms with van der Waals surface area (Å²) in [6, 6.07) is 8.68. The fourth-order valence-corrected chi connectivity index (χ4v) is 2.31. The lowest BCUT2D eigenvalue weighted by Gasteiger charge is -2.22. The van der Waals surface area contributed by atoms with Crippen LogP contribution in [0.15, 0.2) is 29.3 Å². The number of carbonyl (C=O) groups excluding carboxylic acids is 1. The maximum Gasteiger partial charge on any atom is 0.305 e. The molecule has 5 heteroatoms. The molecule has 1 rings (SSSR count). The average molecular weight is 319 g/mol. The molecule has 5 nitrogen and oxygen atoms in total. The van der Waals surface area contributed by atoms with E-state index in [9.17, 15) is 4.79 Å². The smallest absolute Gasteiger partial charge is 0.305 e.